The normalized spacial score (nSPS) is 18.7. The summed E-state index contributed by atoms with van der Waals surface area (Å²) in [6.07, 6.45) is 2.73. The number of aliphatic carboxylic acids is 2. The van der Waals surface area contributed by atoms with Crippen molar-refractivity contribution in [2.45, 2.75) is 70.1 Å². The Morgan fingerprint density at radius 1 is 1.12 bits per heavy atom. The van der Waals surface area contributed by atoms with Gasteiger partial charge in [-0.15, -0.1) is 0 Å². The zero-order valence-electron chi connectivity index (χ0n) is 18.7. The van der Waals surface area contributed by atoms with Crippen molar-refractivity contribution < 1.29 is 34.2 Å². The Balaban J connectivity index is 2.89. The molecule has 1 rings (SSSR count). The highest BCUT2D eigenvalue weighted by Crippen LogP contribution is 2.19. The molecule has 1 fully saturated rings. The van der Waals surface area contributed by atoms with E-state index in [0.717, 1.165) is 0 Å². The first-order valence-electron chi connectivity index (χ1n) is 10.6. The van der Waals surface area contributed by atoms with Crippen LogP contribution >= 0.6 is 11.8 Å². The molecule has 0 radical (unpaired) electrons. The van der Waals surface area contributed by atoms with Crippen molar-refractivity contribution in [3.05, 3.63) is 0 Å². The van der Waals surface area contributed by atoms with Gasteiger partial charge in [0.25, 0.3) is 0 Å². The summed E-state index contributed by atoms with van der Waals surface area (Å²) in [7, 11) is 0. The third-order valence-electron chi connectivity index (χ3n) is 5.12. The predicted octanol–water partition coefficient (Wildman–Crippen LogP) is -0.367. The first-order chi connectivity index (χ1) is 15.0. The summed E-state index contributed by atoms with van der Waals surface area (Å²) in [5.41, 5.74) is 5.67. The van der Waals surface area contributed by atoms with E-state index in [1.165, 1.54) is 16.7 Å². The van der Waals surface area contributed by atoms with Gasteiger partial charge in [-0.1, -0.05) is 13.8 Å². The Hall–Kier alpha value is -2.34. The number of rotatable bonds is 13. The molecule has 0 bridgehead atoms. The standard InChI is InChI=1S/C20H34N4O7S/c1-11(2)9-14(20(30)31)23-17(27)13(6-8-32-3)22-18(28)15-5-4-7-24(15)19(29)12(21)10-16(25)26/h11-15H,4-10,21H2,1-3H3,(H,22,28)(H,23,27)(H,25,26)(H,30,31). The van der Waals surface area contributed by atoms with Crippen LogP contribution in [0.1, 0.15) is 46.0 Å². The molecule has 32 heavy (non-hydrogen) atoms. The molecule has 0 aromatic carbocycles. The van der Waals surface area contributed by atoms with Crippen LogP contribution in [-0.2, 0) is 24.0 Å². The maximum absolute atomic E-state index is 12.9. The van der Waals surface area contributed by atoms with E-state index in [4.69, 9.17) is 10.8 Å². The second-order valence-electron chi connectivity index (χ2n) is 8.27. The first-order valence-corrected chi connectivity index (χ1v) is 12.0. The highest BCUT2D eigenvalue weighted by molar-refractivity contribution is 7.98. The molecule has 4 unspecified atom stereocenters. The largest absolute Gasteiger partial charge is 0.481 e. The minimum absolute atomic E-state index is 0.0451. The van der Waals surface area contributed by atoms with Crippen LogP contribution in [0.25, 0.3) is 0 Å². The van der Waals surface area contributed by atoms with E-state index in [1.807, 2.05) is 20.1 Å². The fraction of sp³-hybridized carbons (Fsp3) is 0.750. The van der Waals surface area contributed by atoms with Crippen LogP contribution in [0.5, 0.6) is 0 Å². The van der Waals surface area contributed by atoms with Crippen molar-refractivity contribution in [1.29, 1.82) is 0 Å². The van der Waals surface area contributed by atoms with Gasteiger partial charge in [-0.2, -0.15) is 11.8 Å². The Bertz CT molecular complexity index is 703. The summed E-state index contributed by atoms with van der Waals surface area (Å²) in [6, 6.07) is -4.16. The molecular formula is C20H34N4O7S. The molecule has 1 aliphatic heterocycles. The zero-order chi connectivity index (χ0) is 24.4. The number of carboxylic acid groups (broad SMARTS) is 2. The lowest BCUT2D eigenvalue weighted by Crippen LogP contribution is -2.57. The molecule has 182 valence electrons. The van der Waals surface area contributed by atoms with Gasteiger partial charge in [0.2, 0.25) is 17.7 Å². The van der Waals surface area contributed by atoms with Gasteiger partial charge >= 0.3 is 11.9 Å². The molecular weight excluding hydrogens is 440 g/mol. The van der Waals surface area contributed by atoms with Crippen LogP contribution in [0.15, 0.2) is 0 Å². The summed E-state index contributed by atoms with van der Waals surface area (Å²) in [5, 5.41) is 23.4. The van der Waals surface area contributed by atoms with Gasteiger partial charge in [-0.25, -0.2) is 4.79 Å². The average Bonchev–Trinajstić information content (AvgIpc) is 3.18. The van der Waals surface area contributed by atoms with Gasteiger partial charge in [-0.3, -0.25) is 19.2 Å². The van der Waals surface area contributed by atoms with Gasteiger partial charge in [0.1, 0.15) is 18.1 Å². The smallest absolute Gasteiger partial charge is 0.326 e. The molecule has 1 aliphatic rings. The number of likely N-dealkylation sites (tertiary alicyclic amines) is 1. The number of nitrogens with two attached hydrogens (primary N) is 1. The van der Waals surface area contributed by atoms with Crippen molar-refractivity contribution in [3.63, 3.8) is 0 Å². The molecule has 0 saturated carbocycles. The van der Waals surface area contributed by atoms with E-state index in [0.29, 0.717) is 18.6 Å². The summed E-state index contributed by atoms with van der Waals surface area (Å²) in [6.45, 7) is 3.95. The molecule has 0 aromatic rings. The number of nitrogens with one attached hydrogen (secondary N) is 2. The van der Waals surface area contributed by atoms with E-state index in [2.05, 4.69) is 10.6 Å². The van der Waals surface area contributed by atoms with E-state index in [9.17, 15) is 29.1 Å². The van der Waals surface area contributed by atoms with Crippen LogP contribution in [-0.4, -0.2) is 87.5 Å². The minimum atomic E-state index is -1.26. The number of hydrogen-bond donors (Lipinski definition) is 5. The SMILES string of the molecule is CSCCC(NC(=O)C1CCCN1C(=O)C(N)CC(=O)O)C(=O)NC(CC(C)C)C(=O)O. The van der Waals surface area contributed by atoms with Crippen molar-refractivity contribution in [1.82, 2.24) is 15.5 Å². The predicted molar refractivity (Wildman–Crippen MR) is 119 cm³/mol. The maximum atomic E-state index is 12.9. The molecule has 0 aromatic heterocycles. The highest BCUT2D eigenvalue weighted by Gasteiger charge is 2.38. The van der Waals surface area contributed by atoms with E-state index in [-0.39, 0.29) is 25.3 Å². The summed E-state index contributed by atoms with van der Waals surface area (Å²) < 4.78 is 0. The third-order valence-corrected chi connectivity index (χ3v) is 5.76. The molecule has 1 heterocycles. The molecule has 6 N–H and O–H groups in total. The van der Waals surface area contributed by atoms with Gasteiger partial charge < -0.3 is 31.5 Å². The Labute approximate surface area is 191 Å². The number of carbonyl (C=O) groups excluding carboxylic acids is 3. The highest BCUT2D eigenvalue weighted by atomic mass is 32.2. The van der Waals surface area contributed by atoms with Crippen molar-refractivity contribution >= 4 is 41.4 Å². The summed E-state index contributed by atoms with van der Waals surface area (Å²) in [4.78, 5) is 61.8. The molecule has 11 nitrogen and oxygen atoms in total. The molecule has 4 atom stereocenters. The Morgan fingerprint density at radius 2 is 1.78 bits per heavy atom. The molecule has 3 amide bonds. The van der Waals surface area contributed by atoms with E-state index < -0.39 is 60.2 Å². The van der Waals surface area contributed by atoms with Crippen LogP contribution < -0.4 is 16.4 Å². The quantitative estimate of drug-likeness (QED) is 0.238. The number of amides is 3. The van der Waals surface area contributed by atoms with Crippen LogP contribution in [0.4, 0.5) is 0 Å². The van der Waals surface area contributed by atoms with Crippen LogP contribution in [0, 0.1) is 5.92 Å². The van der Waals surface area contributed by atoms with Crippen LogP contribution in [0.2, 0.25) is 0 Å². The van der Waals surface area contributed by atoms with Gasteiger partial charge in [0.15, 0.2) is 0 Å². The monoisotopic (exact) mass is 474 g/mol. The maximum Gasteiger partial charge on any atom is 0.326 e. The first kappa shape index (κ1) is 27.7. The molecule has 0 aliphatic carbocycles. The summed E-state index contributed by atoms with van der Waals surface area (Å²) >= 11 is 1.47. The summed E-state index contributed by atoms with van der Waals surface area (Å²) in [5.74, 6) is -3.54. The second kappa shape index (κ2) is 13.3. The molecule has 1 saturated heterocycles. The number of carbonyl (C=O) groups is 5. The number of thioether (sulfide) groups is 1. The van der Waals surface area contributed by atoms with Crippen molar-refractivity contribution in [2.24, 2.45) is 11.7 Å². The van der Waals surface area contributed by atoms with Gasteiger partial charge in [-0.05, 0) is 43.6 Å². The van der Waals surface area contributed by atoms with Crippen LogP contribution in [0.3, 0.4) is 0 Å². The van der Waals surface area contributed by atoms with E-state index >= 15 is 0 Å². The average molecular weight is 475 g/mol. The lowest BCUT2D eigenvalue weighted by Gasteiger charge is -2.28. The lowest BCUT2D eigenvalue weighted by atomic mass is 10.0. The second-order valence-corrected chi connectivity index (χ2v) is 9.25. The molecule has 0 spiro atoms. The lowest BCUT2D eigenvalue weighted by molar-refractivity contribution is -0.144. The van der Waals surface area contributed by atoms with Crippen molar-refractivity contribution in [2.75, 3.05) is 18.6 Å². The van der Waals surface area contributed by atoms with E-state index in [1.54, 1.807) is 0 Å². The van der Waals surface area contributed by atoms with Gasteiger partial charge in [0.05, 0.1) is 12.5 Å². The number of nitrogens with zero attached hydrogens (tertiary/aromatic N) is 1. The third kappa shape index (κ3) is 8.65. The fourth-order valence-electron chi connectivity index (χ4n) is 3.53. The fourth-order valence-corrected chi connectivity index (χ4v) is 4.00. The topological polar surface area (TPSA) is 179 Å². The number of carboxylic acids is 2. The van der Waals surface area contributed by atoms with Gasteiger partial charge in [0, 0.05) is 6.54 Å². The minimum Gasteiger partial charge on any atom is -0.481 e. The Kier molecular flexibility index (Phi) is 11.5. The zero-order valence-corrected chi connectivity index (χ0v) is 19.5. The Morgan fingerprint density at radius 3 is 2.31 bits per heavy atom. The number of hydrogen-bond acceptors (Lipinski definition) is 7. The molecule has 12 heteroatoms. The van der Waals surface area contributed by atoms with Crippen molar-refractivity contribution in [3.8, 4) is 0 Å².